The van der Waals surface area contributed by atoms with Gasteiger partial charge in [0.15, 0.2) is 0 Å². The van der Waals surface area contributed by atoms with Gasteiger partial charge in [-0.1, -0.05) is 6.07 Å². The molecule has 2 rings (SSSR count). The molecule has 8 heteroatoms. The van der Waals surface area contributed by atoms with Crippen LogP contribution in [0, 0.1) is 13.8 Å². The van der Waals surface area contributed by atoms with Gasteiger partial charge in [-0.2, -0.15) is 13.2 Å². The summed E-state index contributed by atoms with van der Waals surface area (Å²) in [6.07, 6.45) is -6.43. The number of aliphatic hydroxyl groups is 1. The van der Waals surface area contributed by atoms with E-state index < -0.39 is 29.9 Å². The topological polar surface area (TPSA) is 82.7 Å². The highest BCUT2D eigenvalue weighted by molar-refractivity contribution is 5.93. The molecule has 3 N–H and O–H groups in total. The number of rotatable bonds is 4. The quantitative estimate of drug-likeness (QED) is 0.743. The minimum absolute atomic E-state index is 0.0502. The molecule has 1 amide bonds. The predicted octanol–water partition coefficient (Wildman–Crippen LogP) is 3.38. The molecule has 24 heavy (non-hydrogen) atoms. The molecule has 2 aromatic rings. The number of carbonyl (C=O) groups is 1. The Kier molecular flexibility index (Phi) is 4.61. The van der Waals surface area contributed by atoms with Crippen molar-refractivity contribution in [1.82, 2.24) is 0 Å². The lowest BCUT2D eigenvalue weighted by molar-refractivity contribution is -0.272. The number of phenolic OH excluding ortho intramolecular Hbond substituents is 1. The summed E-state index contributed by atoms with van der Waals surface area (Å²) in [6, 6.07) is 6.50. The van der Waals surface area contributed by atoms with E-state index in [0.717, 1.165) is 6.07 Å². The zero-order chi connectivity index (χ0) is 18.1. The lowest BCUT2D eigenvalue weighted by Crippen LogP contribution is -2.44. The lowest BCUT2D eigenvalue weighted by atomic mass is 9.95. The molecule has 0 radical (unpaired) electrons. The van der Waals surface area contributed by atoms with Crippen LogP contribution in [-0.2, 0) is 10.4 Å². The summed E-state index contributed by atoms with van der Waals surface area (Å²) in [5.41, 5.74) is -2.81. The van der Waals surface area contributed by atoms with Gasteiger partial charge in [0.25, 0.3) is 0 Å². The minimum atomic E-state index is -5.12. The fraction of sp³-hybridized carbons (Fsp3) is 0.312. The van der Waals surface area contributed by atoms with Gasteiger partial charge < -0.3 is 19.9 Å². The molecule has 0 aliphatic heterocycles. The number of alkyl halides is 3. The predicted molar refractivity (Wildman–Crippen MR) is 79.5 cm³/mol. The van der Waals surface area contributed by atoms with Crippen LogP contribution in [0.15, 0.2) is 34.7 Å². The molecule has 5 nitrogen and oxygen atoms in total. The molecular formula is C16H16F3NO4. The van der Waals surface area contributed by atoms with Gasteiger partial charge in [0.05, 0.1) is 12.1 Å². The summed E-state index contributed by atoms with van der Waals surface area (Å²) in [5, 5.41) is 21.9. The standard InChI is InChI=1S/C16H16F3NO4/c1-9-3-5-11(12(21)7-9)20-14(22)8-15(23,16(17,18)19)13-6-4-10(2)24-13/h3-7,21,23H,8H2,1-2H3,(H,20,22)/t15-/m1/s1. The van der Waals surface area contributed by atoms with Crippen molar-refractivity contribution < 1.29 is 32.6 Å². The van der Waals surface area contributed by atoms with Crippen LogP contribution >= 0.6 is 0 Å². The van der Waals surface area contributed by atoms with Gasteiger partial charge >= 0.3 is 6.18 Å². The van der Waals surface area contributed by atoms with Gasteiger partial charge in [-0.15, -0.1) is 0 Å². The van der Waals surface area contributed by atoms with Crippen molar-refractivity contribution in [3.8, 4) is 5.75 Å². The number of phenols is 1. The third-order valence-electron chi connectivity index (χ3n) is 3.46. The van der Waals surface area contributed by atoms with Crippen molar-refractivity contribution in [2.24, 2.45) is 0 Å². The molecule has 130 valence electrons. The van der Waals surface area contributed by atoms with E-state index in [1.165, 1.54) is 25.1 Å². The molecule has 1 aromatic carbocycles. The number of furan rings is 1. The summed E-state index contributed by atoms with van der Waals surface area (Å²) >= 11 is 0. The van der Waals surface area contributed by atoms with E-state index in [1.54, 1.807) is 13.0 Å². The first-order valence-corrected chi connectivity index (χ1v) is 6.98. The van der Waals surface area contributed by atoms with Crippen molar-refractivity contribution in [3.63, 3.8) is 0 Å². The second-order valence-electron chi connectivity index (χ2n) is 5.51. The maximum absolute atomic E-state index is 13.3. The summed E-state index contributed by atoms with van der Waals surface area (Å²) < 4.78 is 44.7. The van der Waals surface area contributed by atoms with Crippen LogP contribution in [-0.4, -0.2) is 22.3 Å². The van der Waals surface area contributed by atoms with Crippen molar-refractivity contribution in [2.45, 2.75) is 32.0 Å². The summed E-state index contributed by atoms with van der Waals surface area (Å²) in [5.74, 6) is -2.00. The Morgan fingerprint density at radius 2 is 1.88 bits per heavy atom. The van der Waals surface area contributed by atoms with E-state index in [4.69, 9.17) is 4.42 Å². The number of halogens is 3. The summed E-state index contributed by atoms with van der Waals surface area (Å²) in [6.45, 7) is 3.12. The highest BCUT2D eigenvalue weighted by Crippen LogP contribution is 2.42. The van der Waals surface area contributed by atoms with Crippen molar-refractivity contribution in [1.29, 1.82) is 0 Å². The first-order valence-electron chi connectivity index (χ1n) is 6.98. The molecule has 0 spiro atoms. The molecule has 1 heterocycles. The SMILES string of the molecule is Cc1ccc(NC(=O)C[C@@](O)(c2ccc(C)o2)C(F)(F)F)c(O)c1. The van der Waals surface area contributed by atoms with Crippen molar-refractivity contribution >= 4 is 11.6 Å². The molecule has 0 bridgehead atoms. The van der Waals surface area contributed by atoms with E-state index in [1.807, 2.05) is 0 Å². The number of hydrogen-bond donors (Lipinski definition) is 3. The second-order valence-corrected chi connectivity index (χ2v) is 5.51. The number of anilines is 1. The number of carbonyl (C=O) groups excluding carboxylic acids is 1. The van der Waals surface area contributed by atoms with Crippen LogP contribution in [0.4, 0.5) is 18.9 Å². The Bertz CT molecular complexity index is 754. The number of hydrogen-bond acceptors (Lipinski definition) is 4. The number of aryl methyl sites for hydroxylation is 2. The fourth-order valence-electron chi connectivity index (χ4n) is 2.16. The van der Waals surface area contributed by atoms with Gasteiger partial charge in [-0.3, -0.25) is 4.79 Å². The van der Waals surface area contributed by atoms with E-state index in [9.17, 15) is 28.2 Å². The smallest absolute Gasteiger partial charge is 0.425 e. The second kappa shape index (κ2) is 6.20. The molecule has 0 saturated carbocycles. The monoisotopic (exact) mass is 343 g/mol. The maximum atomic E-state index is 13.3. The Balaban J connectivity index is 2.25. The lowest BCUT2D eigenvalue weighted by Gasteiger charge is -2.28. The van der Waals surface area contributed by atoms with E-state index >= 15 is 0 Å². The van der Waals surface area contributed by atoms with Crippen LogP contribution < -0.4 is 5.32 Å². The summed E-state index contributed by atoms with van der Waals surface area (Å²) in [7, 11) is 0. The number of amides is 1. The van der Waals surface area contributed by atoms with Gasteiger partial charge in [-0.05, 0) is 43.7 Å². The fourth-order valence-corrected chi connectivity index (χ4v) is 2.16. The van der Waals surface area contributed by atoms with Crippen LogP contribution in [0.5, 0.6) is 5.75 Å². The average molecular weight is 343 g/mol. The van der Waals surface area contributed by atoms with Crippen LogP contribution in [0.3, 0.4) is 0 Å². The average Bonchev–Trinajstić information content (AvgIpc) is 2.87. The Labute approximate surface area is 135 Å². The molecule has 0 fully saturated rings. The molecule has 0 saturated heterocycles. The maximum Gasteiger partial charge on any atom is 0.425 e. The Morgan fingerprint density at radius 1 is 1.21 bits per heavy atom. The number of benzene rings is 1. The third kappa shape index (κ3) is 3.53. The van der Waals surface area contributed by atoms with Crippen LogP contribution in [0.25, 0.3) is 0 Å². The van der Waals surface area contributed by atoms with Gasteiger partial charge in [-0.25, -0.2) is 0 Å². The van der Waals surface area contributed by atoms with Crippen molar-refractivity contribution in [2.75, 3.05) is 5.32 Å². The van der Waals surface area contributed by atoms with Gasteiger partial charge in [0.1, 0.15) is 17.3 Å². The van der Waals surface area contributed by atoms with E-state index in [0.29, 0.717) is 5.56 Å². The summed E-state index contributed by atoms with van der Waals surface area (Å²) in [4.78, 5) is 12.0. The largest absolute Gasteiger partial charge is 0.506 e. The normalized spacial score (nSPS) is 14.2. The van der Waals surface area contributed by atoms with Crippen LogP contribution in [0.2, 0.25) is 0 Å². The first-order chi connectivity index (χ1) is 11.0. The highest BCUT2D eigenvalue weighted by atomic mass is 19.4. The molecular weight excluding hydrogens is 327 g/mol. The third-order valence-corrected chi connectivity index (χ3v) is 3.46. The molecule has 1 atom stereocenters. The van der Waals surface area contributed by atoms with Crippen molar-refractivity contribution in [3.05, 3.63) is 47.4 Å². The zero-order valence-electron chi connectivity index (χ0n) is 12.9. The molecule has 0 aliphatic rings. The van der Waals surface area contributed by atoms with E-state index in [2.05, 4.69) is 5.32 Å². The van der Waals surface area contributed by atoms with E-state index in [-0.39, 0.29) is 17.2 Å². The molecule has 1 aromatic heterocycles. The number of nitrogens with one attached hydrogen (secondary N) is 1. The Hall–Kier alpha value is -2.48. The minimum Gasteiger partial charge on any atom is -0.506 e. The first kappa shape index (κ1) is 17.9. The zero-order valence-corrected chi connectivity index (χ0v) is 12.9. The van der Waals surface area contributed by atoms with Gasteiger partial charge in [0, 0.05) is 0 Å². The van der Waals surface area contributed by atoms with Gasteiger partial charge in [0.2, 0.25) is 11.5 Å². The highest BCUT2D eigenvalue weighted by Gasteiger charge is 2.58. The molecule has 0 aliphatic carbocycles. The Morgan fingerprint density at radius 3 is 2.38 bits per heavy atom. The number of aromatic hydroxyl groups is 1. The van der Waals surface area contributed by atoms with Crippen LogP contribution in [0.1, 0.15) is 23.5 Å². The molecule has 0 unspecified atom stereocenters.